The third-order valence-corrected chi connectivity index (χ3v) is 3.24. The van der Waals surface area contributed by atoms with Gasteiger partial charge in [-0.1, -0.05) is 18.2 Å². The lowest BCUT2D eigenvalue weighted by Crippen LogP contribution is -2.29. The number of aliphatic hydroxyl groups is 2. The van der Waals surface area contributed by atoms with E-state index in [0.29, 0.717) is 5.56 Å². The van der Waals surface area contributed by atoms with Gasteiger partial charge >= 0.3 is 5.97 Å². The number of esters is 1. The largest absolute Gasteiger partial charge is 0.497 e. The lowest BCUT2D eigenvalue weighted by Gasteiger charge is -2.17. The fourth-order valence-electron chi connectivity index (χ4n) is 2.09. The van der Waals surface area contributed by atoms with Gasteiger partial charge in [0.2, 0.25) is 0 Å². The molecule has 0 saturated carbocycles. The Kier molecular flexibility index (Phi) is 4.77. The minimum atomic E-state index is -1.60. The van der Waals surface area contributed by atoms with Gasteiger partial charge in [-0.2, -0.15) is 0 Å². The first-order valence-electron chi connectivity index (χ1n) is 6.67. The first kappa shape index (κ1) is 15.3. The predicted molar refractivity (Wildman–Crippen MR) is 78.1 cm³/mol. The third-order valence-electron chi connectivity index (χ3n) is 3.24. The summed E-state index contributed by atoms with van der Waals surface area (Å²) in [5.41, 5.74) is 0.452. The Morgan fingerprint density at radius 3 is 2.48 bits per heavy atom. The summed E-state index contributed by atoms with van der Waals surface area (Å²) in [7, 11) is 1.59. The smallest absolute Gasteiger partial charge is 0.338 e. The molecular weight excluding hydrogens is 272 g/mol. The van der Waals surface area contributed by atoms with Crippen molar-refractivity contribution in [2.24, 2.45) is 0 Å². The van der Waals surface area contributed by atoms with Gasteiger partial charge in [-0.3, -0.25) is 0 Å². The Balaban J connectivity index is 2.27. The molecule has 0 fully saturated rings. The van der Waals surface area contributed by atoms with Crippen molar-refractivity contribution in [3.63, 3.8) is 0 Å². The summed E-state index contributed by atoms with van der Waals surface area (Å²) >= 11 is 0. The van der Waals surface area contributed by atoms with Crippen molar-refractivity contribution in [2.75, 3.05) is 13.7 Å². The Bertz CT molecular complexity index is 638. The fraction of sp³-hybridized carbons (Fsp3) is 0.312. The van der Waals surface area contributed by atoms with Crippen molar-refractivity contribution in [2.45, 2.75) is 19.1 Å². The Labute approximate surface area is 122 Å². The van der Waals surface area contributed by atoms with Gasteiger partial charge in [0, 0.05) is 0 Å². The average molecular weight is 290 g/mol. The van der Waals surface area contributed by atoms with E-state index in [1.54, 1.807) is 38.3 Å². The molecule has 0 bridgehead atoms. The Hall–Kier alpha value is -2.11. The second-order valence-electron chi connectivity index (χ2n) is 4.61. The van der Waals surface area contributed by atoms with Crippen molar-refractivity contribution in [1.82, 2.24) is 0 Å². The summed E-state index contributed by atoms with van der Waals surface area (Å²) in [6.07, 6.45) is -2.92. The molecule has 2 aromatic rings. The molecule has 112 valence electrons. The van der Waals surface area contributed by atoms with Crippen LogP contribution in [0.3, 0.4) is 0 Å². The summed E-state index contributed by atoms with van der Waals surface area (Å²) in [6, 6.07) is 10.7. The Morgan fingerprint density at radius 1 is 1.14 bits per heavy atom. The zero-order valence-corrected chi connectivity index (χ0v) is 11.9. The number of fused-ring (bicyclic) bond motifs is 1. The molecule has 0 radical (unpaired) electrons. The van der Waals surface area contributed by atoms with E-state index in [4.69, 9.17) is 9.47 Å². The molecular formula is C16H18O5. The number of carbonyl (C=O) groups excluding carboxylic acids is 1. The van der Waals surface area contributed by atoms with E-state index in [9.17, 15) is 15.0 Å². The predicted octanol–water partition coefficient (Wildman–Crippen LogP) is 1.81. The van der Waals surface area contributed by atoms with E-state index in [0.717, 1.165) is 16.5 Å². The van der Waals surface area contributed by atoms with Crippen molar-refractivity contribution >= 4 is 16.7 Å². The van der Waals surface area contributed by atoms with Crippen molar-refractivity contribution < 1.29 is 24.5 Å². The molecule has 5 nitrogen and oxygen atoms in total. The van der Waals surface area contributed by atoms with Crippen LogP contribution in [-0.4, -0.2) is 36.0 Å². The van der Waals surface area contributed by atoms with Gasteiger partial charge < -0.3 is 19.7 Å². The Morgan fingerprint density at radius 2 is 1.81 bits per heavy atom. The molecule has 2 atom stereocenters. The van der Waals surface area contributed by atoms with Gasteiger partial charge in [0.15, 0.2) is 6.10 Å². The van der Waals surface area contributed by atoms with Gasteiger partial charge in [-0.25, -0.2) is 4.79 Å². The highest BCUT2D eigenvalue weighted by Gasteiger charge is 2.26. The lowest BCUT2D eigenvalue weighted by atomic mass is 10.00. The number of aliphatic hydroxyl groups excluding tert-OH is 2. The normalized spacial score (nSPS) is 13.7. The highest BCUT2D eigenvalue weighted by molar-refractivity contribution is 5.85. The molecule has 5 heteroatoms. The molecule has 2 N–H and O–H groups in total. The van der Waals surface area contributed by atoms with Gasteiger partial charge in [-0.05, 0) is 41.5 Å². The maximum Gasteiger partial charge on any atom is 0.338 e. The van der Waals surface area contributed by atoms with Crippen LogP contribution in [0.1, 0.15) is 18.6 Å². The summed E-state index contributed by atoms with van der Waals surface area (Å²) in [6.45, 7) is 1.79. The van der Waals surface area contributed by atoms with Gasteiger partial charge in [0.1, 0.15) is 11.9 Å². The monoisotopic (exact) mass is 290 g/mol. The molecule has 0 aliphatic heterocycles. The summed E-state index contributed by atoms with van der Waals surface area (Å²) in [5, 5.41) is 21.7. The quantitative estimate of drug-likeness (QED) is 0.821. The number of hydrogen-bond acceptors (Lipinski definition) is 5. The van der Waals surface area contributed by atoms with Crippen LogP contribution >= 0.6 is 0 Å². The van der Waals surface area contributed by atoms with E-state index in [1.807, 2.05) is 12.1 Å². The van der Waals surface area contributed by atoms with Crippen LogP contribution in [-0.2, 0) is 9.53 Å². The van der Waals surface area contributed by atoms with Crippen LogP contribution in [0, 0.1) is 0 Å². The first-order valence-corrected chi connectivity index (χ1v) is 6.67. The molecule has 21 heavy (non-hydrogen) atoms. The zero-order chi connectivity index (χ0) is 15.4. The summed E-state index contributed by atoms with van der Waals surface area (Å²) in [5.74, 6) is -0.0952. The van der Waals surface area contributed by atoms with Gasteiger partial charge in [0.25, 0.3) is 0 Å². The number of methoxy groups -OCH3 is 1. The minimum absolute atomic E-state index is 0.153. The molecule has 2 unspecified atom stereocenters. The molecule has 0 saturated heterocycles. The zero-order valence-electron chi connectivity index (χ0n) is 11.9. The standard InChI is InChI=1S/C16H18O5/c1-3-21-16(19)15(18)14(17)12-5-4-11-9-13(20-2)7-6-10(11)8-12/h4-9,14-15,17-18H,3H2,1-2H3. The number of ether oxygens (including phenoxy) is 2. The summed E-state index contributed by atoms with van der Waals surface area (Å²) < 4.78 is 9.84. The van der Waals surface area contributed by atoms with Crippen molar-refractivity contribution in [3.8, 4) is 5.75 Å². The van der Waals surface area contributed by atoms with Crippen LogP contribution in [0.25, 0.3) is 10.8 Å². The maximum atomic E-state index is 11.5. The number of rotatable bonds is 5. The van der Waals surface area contributed by atoms with Crippen LogP contribution in [0.15, 0.2) is 36.4 Å². The van der Waals surface area contributed by atoms with E-state index >= 15 is 0 Å². The number of hydrogen-bond donors (Lipinski definition) is 2. The van der Waals surface area contributed by atoms with Crippen LogP contribution in [0.4, 0.5) is 0 Å². The molecule has 0 aliphatic rings. The van der Waals surface area contributed by atoms with Crippen LogP contribution < -0.4 is 4.74 Å². The molecule has 2 rings (SSSR count). The van der Waals surface area contributed by atoms with Gasteiger partial charge in [0.05, 0.1) is 13.7 Å². The highest BCUT2D eigenvalue weighted by Crippen LogP contribution is 2.26. The molecule has 0 spiro atoms. The fourth-order valence-corrected chi connectivity index (χ4v) is 2.09. The van der Waals surface area contributed by atoms with E-state index in [2.05, 4.69) is 0 Å². The SMILES string of the molecule is CCOC(=O)C(O)C(O)c1ccc2cc(OC)ccc2c1. The molecule has 0 aromatic heterocycles. The number of carbonyl (C=O) groups is 1. The molecule has 0 heterocycles. The van der Waals surface area contributed by atoms with Crippen molar-refractivity contribution in [1.29, 1.82) is 0 Å². The number of benzene rings is 2. The van der Waals surface area contributed by atoms with Crippen molar-refractivity contribution in [3.05, 3.63) is 42.0 Å². The summed E-state index contributed by atoms with van der Waals surface area (Å²) in [4.78, 5) is 11.5. The van der Waals surface area contributed by atoms with Crippen LogP contribution in [0.5, 0.6) is 5.75 Å². The highest BCUT2D eigenvalue weighted by atomic mass is 16.5. The second-order valence-corrected chi connectivity index (χ2v) is 4.61. The topological polar surface area (TPSA) is 76.0 Å². The molecule has 0 aliphatic carbocycles. The lowest BCUT2D eigenvalue weighted by molar-refractivity contribution is -0.159. The molecule has 0 amide bonds. The maximum absolute atomic E-state index is 11.5. The van der Waals surface area contributed by atoms with E-state index in [-0.39, 0.29) is 6.61 Å². The van der Waals surface area contributed by atoms with Gasteiger partial charge in [-0.15, -0.1) is 0 Å². The average Bonchev–Trinajstić information content (AvgIpc) is 2.52. The molecule has 2 aromatic carbocycles. The van der Waals surface area contributed by atoms with Crippen LogP contribution in [0.2, 0.25) is 0 Å². The minimum Gasteiger partial charge on any atom is -0.497 e. The van der Waals surface area contributed by atoms with E-state index < -0.39 is 18.2 Å². The van der Waals surface area contributed by atoms with E-state index in [1.165, 1.54) is 0 Å². The first-order chi connectivity index (χ1) is 10.1. The third kappa shape index (κ3) is 3.32. The second kappa shape index (κ2) is 6.56.